The minimum Gasteiger partial charge on any atom is -0.379 e. The van der Waals surface area contributed by atoms with Crippen LogP contribution >= 0.6 is 0 Å². The van der Waals surface area contributed by atoms with E-state index in [0.717, 1.165) is 19.4 Å². The quantitative estimate of drug-likeness (QED) is 0.720. The van der Waals surface area contributed by atoms with Gasteiger partial charge in [0.05, 0.1) is 13.2 Å². The van der Waals surface area contributed by atoms with E-state index in [0.29, 0.717) is 51.4 Å². The number of fused-ring (bicyclic) bond motifs is 1. The molecule has 2 atom stereocenters. The Labute approximate surface area is 108 Å². The minimum atomic E-state index is -3.27. The van der Waals surface area contributed by atoms with Crippen LogP contribution < -0.4 is 5.32 Å². The van der Waals surface area contributed by atoms with Crippen molar-refractivity contribution in [2.45, 2.75) is 18.9 Å². The highest BCUT2D eigenvalue weighted by atomic mass is 32.2. The topological polar surface area (TPSA) is 61.9 Å². The van der Waals surface area contributed by atoms with Crippen LogP contribution in [0.3, 0.4) is 0 Å². The Morgan fingerprint density at radius 1 is 1.11 bits per heavy atom. The van der Waals surface area contributed by atoms with Crippen LogP contribution in [-0.4, -0.2) is 69.0 Å². The fraction of sp³-hybridized carbons (Fsp3) is 1.00. The third-order valence-corrected chi connectivity index (χ3v) is 6.16. The number of morpholine rings is 1. The molecule has 6 nitrogen and oxygen atoms in total. The molecule has 0 amide bonds. The van der Waals surface area contributed by atoms with E-state index >= 15 is 0 Å². The van der Waals surface area contributed by atoms with E-state index < -0.39 is 10.2 Å². The van der Waals surface area contributed by atoms with Crippen LogP contribution in [0.2, 0.25) is 0 Å². The molecule has 18 heavy (non-hydrogen) atoms. The highest BCUT2D eigenvalue weighted by Gasteiger charge is 2.42. The van der Waals surface area contributed by atoms with Gasteiger partial charge in [0.2, 0.25) is 0 Å². The summed E-state index contributed by atoms with van der Waals surface area (Å²) in [6, 6.07) is 0.356. The largest absolute Gasteiger partial charge is 0.379 e. The third-order valence-electron chi connectivity index (χ3n) is 4.19. The van der Waals surface area contributed by atoms with Crippen molar-refractivity contribution in [3.05, 3.63) is 0 Å². The van der Waals surface area contributed by atoms with Gasteiger partial charge in [-0.25, -0.2) is 0 Å². The van der Waals surface area contributed by atoms with Crippen LogP contribution in [0.5, 0.6) is 0 Å². The Hall–Kier alpha value is -0.210. The van der Waals surface area contributed by atoms with Gasteiger partial charge < -0.3 is 10.1 Å². The lowest BCUT2D eigenvalue weighted by atomic mass is 9.94. The zero-order valence-electron chi connectivity index (χ0n) is 10.5. The average Bonchev–Trinajstić information content (AvgIpc) is 2.84. The molecular weight excluding hydrogens is 254 g/mol. The number of rotatable bonds is 2. The summed E-state index contributed by atoms with van der Waals surface area (Å²) in [5.74, 6) is 0.495. The highest BCUT2D eigenvalue weighted by Crippen LogP contribution is 2.28. The molecule has 3 fully saturated rings. The molecule has 0 bridgehead atoms. The average molecular weight is 275 g/mol. The smallest absolute Gasteiger partial charge is 0.282 e. The summed E-state index contributed by atoms with van der Waals surface area (Å²) in [4.78, 5) is 0. The van der Waals surface area contributed by atoms with Crippen LogP contribution in [0.4, 0.5) is 0 Å². The Morgan fingerprint density at radius 3 is 2.61 bits per heavy atom. The summed E-state index contributed by atoms with van der Waals surface area (Å²) >= 11 is 0. The summed E-state index contributed by atoms with van der Waals surface area (Å²) in [6.07, 6.45) is 2.30. The zero-order valence-corrected chi connectivity index (χ0v) is 11.4. The standard InChI is InChI=1S/C11H21N3O3S/c15-18(16,13-4-6-17-7-5-13)14-8-10-2-1-3-12-11(10)9-14/h10-12H,1-9H2. The molecule has 0 aromatic carbocycles. The molecule has 0 aliphatic carbocycles. The molecule has 3 aliphatic heterocycles. The lowest BCUT2D eigenvalue weighted by Gasteiger charge is -2.30. The van der Waals surface area contributed by atoms with E-state index in [1.165, 1.54) is 0 Å². The van der Waals surface area contributed by atoms with Crippen LogP contribution in [0.1, 0.15) is 12.8 Å². The Kier molecular flexibility index (Phi) is 3.59. The number of hydrogen-bond donors (Lipinski definition) is 1. The number of piperidine rings is 1. The second kappa shape index (κ2) is 5.05. The SMILES string of the molecule is O=S(=O)(N1CCOCC1)N1CC2CCCNC2C1. The molecule has 0 aromatic rings. The van der Waals surface area contributed by atoms with Crippen molar-refractivity contribution in [3.8, 4) is 0 Å². The zero-order chi connectivity index (χ0) is 12.6. The maximum atomic E-state index is 12.5. The van der Waals surface area contributed by atoms with Gasteiger partial charge in [0.1, 0.15) is 0 Å². The monoisotopic (exact) mass is 275 g/mol. The normalized spacial score (nSPS) is 35.6. The van der Waals surface area contributed by atoms with E-state index in [4.69, 9.17) is 4.74 Å². The van der Waals surface area contributed by atoms with Gasteiger partial charge in [0.15, 0.2) is 0 Å². The molecule has 0 radical (unpaired) electrons. The molecule has 2 unspecified atom stereocenters. The Morgan fingerprint density at radius 2 is 1.89 bits per heavy atom. The molecule has 1 N–H and O–H groups in total. The lowest BCUT2D eigenvalue weighted by molar-refractivity contribution is 0.0705. The summed E-state index contributed by atoms with van der Waals surface area (Å²) in [6.45, 7) is 4.33. The summed E-state index contributed by atoms with van der Waals surface area (Å²) in [7, 11) is -3.27. The minimum absolute atomic E-state index is 0.356. The number of nitrogens with one attached hydrogen (secondary N) is 1. The highest BCUT2D eigenvalue weighted by molar-refractivity contribution is 7.86. The van der Waals surface area contributed by atoms with E-state index in [9.17, 15) is 8.42 Å². The first-order valence-corrected chi connectivity index (χ1v) is 8.14. The fourth-order valence-electron chi connectivity index (χ4n) is 3.14. The van der Waals surface area contributed by atoms with E-state index in [1.807, 2.05) is 0 Å². The molecule has 3 saturated heterocycles. The molecule has 104 valence electrons. The first-order valence-electron chi connectivity index (χ1n) is 6.74. The van der Waals surface area contributed by atoms with Gasteiger partial charge in [-0.15, -0.1) is 0 Å². The van der Waals surface area contributed by atoms with Gasteiger partial charge in [-0.05, 0) is 25.3 Å². The van der Waals surface area contributed by atoms with Crippen LogP contribution in [0, 0.1) is 5.92 Å². The number of ether oxygens (including phenoxy) is 1. The second-order valence-corrected chi connectivity index (χ2v) is 7.23. The summed E-state index contributed by atoms with van der Waals surface area (Å²) in [5.41, 5.74) is 0. The first-order chi connectivity index (χ1) is 8.68. The predicted molar refractivity (Wildman–Crippen MR) is 67.4 cm³/mol. The van der Waals surface area contributed by atoms with Crippen molar-refractivity contribution in [3.63, 3.8) is 0 Å². The summed E-state index contributed by atoms with van der Waals surface area (Å²) in [5, 5.41) is 3.44. The van der Waals surface area contributed by atoms with Gasteiger partial charge in [-0.1, -0.05) is 0 Å². The van der Waals surface area contributed by atoms with E-state index in [1.54, 1.807) is 8.61 Å². The van der Waals surface area contributed by atoms with E-state index in [2.05, 4.69) is 5.32 Å². The molecule has 7 heteroatoms. The van der Waals surface area contributed by atoms with E-state index in [-0.39, 0.29) is 0 Å². The van der Waals surface area contributed by atoms with Crippen molar-refractivity contribution in [2.24, 2.45) is 5.92 Å². The first kappa shape index (κ1) is 12.8. The van der Waals surface area contributed by atoms with Crippen molar-refractivity contribution >= 4 is 10.2 Å². The molecule has 3 aliphatic rings. The third kappa shape index (κ3) is 2.30. The second-order valence-electron chi connectivity index (χ2n) is 5.30. The van der Waals surface area contributed by atoms with Gasteiger partial charge >= 0.3 is 0 Å². The Bertz CT molecular complexity index is 380. The molecule has 3 heterocycles. The fourth-order valence-corrected chi connectivity index (χ4v) is 4.80. The molecule has 0 spiro atoms. The van der Waals surface area contributed by atoms with Gasteiger partial charge in [-0.2, -0.15) is 17.0 Å². The molecular formula is C11H21N3O3S. The molecule has 0 saturated carbocycles. The maximum Gasteiger partial charge on any atom is 0.282 e. The van der Waals surface area contributed by atoms with Gasteiger partial charge in [0.25, 0.3) is 10.2 Å². The number of hydrogen-bond acceptors (Lipinski definition) is 4. The molecule has 3 rings (SSSR count). The maximum absolute atomic E-state index is 12.5. The van der Waals surface area contributed by atoms with Crippen LogP contribution in [0.15, 0.2) is 0 Å². The van der Waals surface area contributed by atoms with Crippen molar-refractivity contribution in [2.75, 3.05) is 45.9 Å². The summed E-state index contributed by atoms with van der Waals surface area (Å²) < 4.78 is 33.4. The van der Waals surface area contributed by atoms with Crippen molar-refractivity contribution < 1.29 is 13.2 Å². The lowest BCUT2D eigenvalue weighted by Crippen LogP contribution is -2.48. The van der Waals surface area contributed by atoms with Crippen LogP contribution in [-0.2, 0) is 14.9 Å². The van der Waals surface area contributed by atoms with Crippen LogP contribution in [0.25, 0.3) is 0 Å². The predicted octanol–water partition coefficient (Wildman–Crippen LogP) is -0.753. The molecule has 0 aromatic heterocycles. The van der Waals surface area contributed by atoms with Crippen molar-refractivity contribution in [1.29, 1.82) is 0 Å². The van der Waals surface area contributed by atoms with Gasteiger partial charge in [0, 0.05) is 32.2 Å². The Balaban J connectivity index is 1.70. The number of nitrogens with zero attached hydrogens (tertiary/aromatic N) is 2. The van der Waals surface area contributed by atoms with Gasteiger partial charge in [-0.3, -0.25) is 0 Å². The van der Waals surface area contributed by atoms with Crippen molar-refractivity contribution in [1.82, 2.24) is 13.9 Å².